The van der Waals surface area contributed by atoms with Crippen LogP contribution in [0.1, 0.15) is 12.8 Å². The number of carbonyl (C=O) groups excluding carboxylic acids is 1. The third-order valence-electron chi connectivity index (χ3n) is 5.22. The maximum Gasteiger partial charge on any atom is 0.407 e. The Morgan fingerprint density at radius 3 is 2.70 bits per heavy atom. The number of hydrogen-bond donors (Lipinski definition) is 2. The summed E-state index contributed by atoms with van der Waals surface area (Å²) < 4.78 is 0. The molecule has 144 valence electrons. The zero-order chi connectivity index (χ0) is 19.2. The number of para-hydroxylation sites is 2. The number of aromatic nitrogens is 2. The summed E-state index contributed by atoms with van der Waals surface area (Å²) in [6.07, 6.45) is 3.23. The maximum atomic E-state index is 11.3. The number of nitrogens with zero attached hydrogens (tertiary/aromatic N) is 4. The standard InChI is InChI=1S/C19H25N5O3/c1-20-17(13-24(10-11-25)19(26)27)14-6-8-23(9-7-14)18-12-21-15-4-2-3-5-16(15)22-18/h2-5,11-12,14,17,20H,6-10,13H2,1H3,(H,26,27). The Hall–Kier alpha value is -2.74. The summed E-state index contributed by atoms with van der Waals surface area (Å²) in [4.78, 5) is 34.6. The largest absolute Gasteiger partial charge is 0.465 e. The summed E-state index contributed by atoms with van der Waals surface area (Å²) in [7, 11) is 1.84. The van der Waals surface area contributed by atoms with E-state index in [4.69, 9.17) is 4.98 Å². The Kier molecular flexibility index (Phi) is 6.18. The number of likely N-dealkylation sites (N-methyl/N-ethyl adjacent to an activating group) is 1. The van der Waals surface area contributed by atoms with Crippen LogP contribution >= 0.6 is 0 Å². The van der Waals surface area contributed by atoms with E-state index in [1.807, 2.05) is 37.5 Å². The van der Waals surface area contributed by atoms with E-state index in [2.05, 4.69) is 15.2 Å². The number of carboxylic acid groups (broad SMARTS) is 1. The fourth-order valence-corrected chi connectivity index (χ4v) is 3.66. The van der Waals surface area contributed by atoms with Crippen LogP contribution in [0.25, 0.3) is 11.0 Å². The van der Waals surface area contributed by atoms with Crippen molar-refractivity contribution >= 4 is 29.2 Å². The van der Waals surface area contributed by atoms with E-state index in [-0.39, 0.29) is 12.6 Å². The molecule has 0 radical (unpaired) electrons. The molecule has 1 unspecified atom stereocenters. The second-order valence-corrected chi connectivity index (χ2v) is 6.79. The molecule has 8 heteroatoms. The molecule has 2 aromatic rings. The van der Waals surface area contributed by atoms with Crippen LogP contribution in [0, 0.1) is 5.92 Å². The van der Waals surface area contributed by atoms with Gasteiger partial charge in [0.2, 0.25) is 0 Å². The van der Waals surface area contributed by atoms with Gasteiger partial charge in [0, 0.05) is 25.7 Å². The average Bonchev–Trinajstić information content (AvgIpc) is 2.71. The molecule has 1 aromatic heterocycles. The molecule has 0 bridgehead atoms. The van der Waals surface area contributed by atoms with Crippen molar-refractivity contribution < 1.29 is 14.7 Å². The number of carbonyl (C=O) groups is 2. The zero-order valence-electron chi connectivity index (χ0n) is 15.4. The molecule has 1 amide bonds. The highest BCUT2D eigenvalue weighted by atomic mass is 16.4. The molecule has 0 spiro atoms. The van der Waals surface area contributed by atoms with Crippen LogP contribution < -0.4 is 10.2 Å². The summed E-state index contributed by atoms with van der Waals surface area (Å²) in [5, 5.41) is 12.5. The van der Waals surface area contributed by atoms with Crippen LogP contribution in [-0.4, -0.2) is 71.6 Å². The van der Waals surface area contributed by atoms with Crippen LogP contribution in [-0.2, 0) is 4.79 Å². The summed E-state index contributed by atoms with van der Waals surface area (Å²) in [6, 6.07) is 7.83. The quantitative estimate of drug-likeness (QED) is 0.714. The average molecular weight is 371 g/mol. The molecule has 1 aliphatic heterocycles. The van der Waals surface area contributed by atoms with E-state index in [0.717, 1.165) is 47.7 Å². The lowest BCUT2D eigenvalue weighted by atomic mass is 9.89. The Balaban J connectivity index is 1.62. The van der Waals surface area contributed by atoms with Gasteiger partial charge in [-0.15, -0.1) is 0 Å². The smallest absolute Gasteiger partial charge is 0.407 e. The summed E-state index contributed by atoms with van der Waals surface area (Å²) >= 11 is 0. The predicted molar refractivity (Wildman–Crippen MR) is 103 cm³/mol. The number of amides is 1. The maximum absolute atomic E-state index is 11.3. The van der Waals surface area contributed by atoms with Crippen LogP contribution in [0.15, 0.2) is 30.5 Å². The molecule has 2 N–H and O–H groups in total. The number of fused-ring (bicyclic) bond motifs is 1. The van der Waals surface area contributed by atoms with Crippen LogP contribution in [0.2, 0.25) is 0 Å². The lowest BCUT2D eigenvalue weighted by Gasteiger charge is -2.37. The Bertz CT molecular complexity index is 792. The minimum atomic E-state index is -1.06. The first-order valence-electron chi connectivity index (χ1n) is 9.18. The topological polar surface area (TPSA) is 98.7 Å². The molecule has 8 nitrogen and oxygen atoms in total. The van der Waals surface area contributed by atoms with E-state index in [0.29, 0.717) is 18.7 Å². The number of piperidine rings is 1. The van der Waals surface area contributed by atoms with E-state index >= 15 is 0 Å². The van der Waals surface area contributed by atoms with Gasteiger partial charge in [0.15, 0.2) is 0 Å². The molecule has 1 saturated heterocycles. The number of rotatable bonds is 7. The lowest BCUT2D eigenvalue weighted by molar-refractivity contribution is -0.108. The Morgan fingerprint density at radius 2 is 2.07 bits per heavy atom. The van der Waals surface area contributed by atoms with Crippen molar-refractivity contribution in [3.8, 4) is 0 Å². The van der Waals surface area contributed by atoms with Crippen molar-refractivity contribution in [2.24, 2.45) is 5.92 Å². The van der Waals surface area contributed by atoms with E-state index in [1.165, 1.54) is 0 Å². The molecule has 1 aromatic carbocycles. The minimum Gasteiger partial charge on any atom is -0.465 e. The minimum absolute atomic E-state index is 0.0193. The molecule has 27 heavy (non-hydrogen) atoms. The van der Waals surface area contributed by atoms with Gasteiger partial charge in [0.05, 0.1) is 23.8 Å². The van der Waals surface area contributed by atoms with Gasteiger partial charge < -0.3 is 20.1 Å². The molecule has 0 saturated carbocycles. The van der Waals surface area contributed by atoms with Gasteiger partial charge in [0.1, 0.15) is 12.1 Å². The van der Waals surface area contributed by atoms with Crippen molar-refractivity contribution in [3.05, 3.63) is 30.5 Å². The summed E-state index contributed by atoms with van der Waals surface area (Å²) in [5.74, 6) is 1.22. The van der Waals surface area contributed by atoms with Crippen molar-refractivity contribution in [2.45, 2.75) is 18.9 Å². The molecule has 0 aliphatic carbocycles. The summed E-state index contributed by atoms with van der Waals surface area (Å²) in [6.45, 7) is 1.90. The van der Waals surface area contributed by atoms with Crippen molar-refractivity contribution in [2.75, 3.05) is 38.1 Å². The molecule has 2 heterocycles. The molecular weight excluding hydrogens is 346 g/mol. The molecule has 3 rings (SSSR count). The van der Waals surface area contributed by atoms with Gasteiger partial charge in [-0.2, -0.15) is 0 Å². The molecular formula is C19H25N5O3. The van der Waals surface area contributed by atoms with Crippen LogP contribution in [0.3, 0.4) is 0 Å². The van der Waals surface area contributed by atoms with Gasteiger partial charge in [-0.1, -0.05) is 12.1 Å². The first kappa shape index (κ1) is 19.0. The zero-order valence-corrected chi connectivity index (χ0v) is 15.4. The van der Waals surface area contributed by atoms with Crippen molar-refractivity contribution in [1.29, 1.82) is 0 Å². The van der Waals surface area contributed by atoms with E-state index in [1.54, 1.807) is 0 Å². The fraction of sp³-hybridized carbons (Fsp3) is 0.474. The number of hydrogen-bond acceptors (Lipinski definition) is 6. The third kappa shape index (κ3) is 4.51. The highest BCUT2D eigenvalue weighted by Gasteiger charge is 2.29. The highest BCUT2D eigenvalue weighted by Crippen LogP contribution is 2.25. The Morgan fingerprint density at radius 1 is 1.37 bits per heavy atom. The van der Waals surface area contributed by atoms with Crippen molar-refractivity contribution in [1.82, 2.24) is 20.2 Å². The highest BCUT2D eigenvalue weighted by molar-refractivity contribution is 5.75. The van der Waals surface area contributed by atoms with Gasteiger partial charge in [-0.25, -0.2) is 9.78 Å². The predicted octanol–water partition coefficient (Wildman–Crippen LogP) is 1.61. The first-order chi connectivity index (χ1) is 13.1. The molecule has 1 fully saturated rings. The van der Waals surface area contributed by atoms with E-state index in [9.17, 15) is 14.7 Å². The number of anilines is 1. The second kappa shape index (κ2) is 8.77. The normalized spacial score (nSPS) is 16.3. The second-order valence-electron chi connectivity index (χ2n) is 6.79. The molecule has 1 aliphatic rings. The van der Waals surface area contributed by atoms with Gasteiger partial charge in [-0.3, -0.25) is 9.88 Å². The summed E-state index contributed by atoms with van der Waals surface area (Å²) in [5.41, 5.74) is 1.77. The monoisotopic (exact) mass is 371 g/mol. The third-order valence-corrected chi connectivity index (χ3v) is 5.22. The van der Waals surface area contributed by atoms with Gasteiger partial charge in [0.25, 0.3) is 0 Å². The number of benzene rings is 1. The SMILES string of the molecule is CNC(CN(CC=O)C(=O)O)C1CCN(c2cnc3ccccc3n2)CC1. The number of nitrogens with one attached hydrogen (secondary N) is 1. The Labute approximate surface area is 158 Å². The first-order valence-corrected chi connectivity index (χ1v) is 9.18. The van der Waals surface area contributed by atoms with Gasteiger partial charge in [-0.05, 0) is 37.9 Å². The van der Waals surface area contributed by atoms with E-state index < -0.39 is 6.09 Å². The lowest BCUT2D eigenvalue weighted by Crippen LogP contribution is -2.49. The fourth-order valence-electron chi connectivity index (χ4n) is 3.66. The number of aldehydes is 1. The van der Waals surface area contributed by atoms with Crippen LogP contribution in [0.4, 0.5) is 10.6 Å². The van der Waals surface area contributed by atoms with Crippen molar-refractivity contribution in [3.63, 3.8) is 0 Å². The van der Waals surface area contributed by atoms with Gasteiger partial charge >= 0.3 is 6.09 Å². The molecule has 1 atom stereocenters. The van der Waals surface area contributed by atoms with Crippen LogP contribution in [0.5, 0.6) is 0 Å².